The number of hydrogen-bond donors (Lipinski definition) is 3. The molecule has 2 atom stereocenters. The van der Waals surface area contributed by atoms with Gasteiger partial charge in [-0.1, -0.05) is 19.1 Å². The molecule has 1 aromatic carbocycles. The number of amides is 2. The van der Waals surface area contributed by atoms with Gasteiger partial charge in [-0.3, -0.25) is 9.59 Å². The van der Waals surface area contributed by atoms with E-state index in [4.69, 9.17) is 0 Å². The highest BCUT2D eigenvalue weighted by Crippen LogP contribution is 2.26. The normalized spacial score (nSPS) is 24.4. The Hall–Kier alpha value is -2.24. The number of piperazine rings is 1. The molecule has 21 heavy (non-hydrogen) atoms. The Bertz CT molecular complexity index is 560. The summed E-state index contributed by atoms with van der Waals surface area (Å²) in [5, 5.41) is 9.35. The number of anilines is 2. The minimum absolute atomic E-state index is 0.0151. The van der Waals surface area contributed by atoms with E-state index in [2.05, 4.69) is 16.0 Å². The third kappa shape index (κ3) is 2.53. The molecule has 0 aromatic heterocycles. The number of nitrogens with one attached hydrogen (secondary N) is 3. The number of rotatable bonds is 2. The zero-order valence-electron chi connectivity index (χ0n) is 12.1. The van der Waals surface area contributed by atoms with Crippen molar-refractivity contribution in [2.24, 2.45) is 0 Å². The molecule has 1 aromatic rings. The minimum atomic E-state index is -0.356. The molecule has 0 saturated carbocycles. The maximum Gasteiger partial charge on any atom is 0.247 e. The standard InChI is InChI=1S/C15H20N4O2/c1-2-13-14(20)16-7-8-19(13)15(21)12-9-17-10-5-3-4-6-11(10)18-12/h3-6,12-13,17-18H,2,7-9H2,1H3,(H,16,20). The highest BCUT2D eigenvalue weighted by molar-refractivity contribution is 5.93. The van der Waals surface area contributed by atoms with Gasteiger partial charge in [0.05, 0.1) is 11.4 Å². The van der Waals surface area contributed by atoms with Gasteiger partial charge >= 0.3 is 0 Å². The molecule has 1 fully saturated rings. The molecule has 0 bridgehead atoms. The van der Waals surface area contributed by atoms with E-state index in [1.807, 2.05) is 31.2 Å². The number of fused-ring (bicyclic) bond motifs is 1. The molecule has 0 spiro atoms. The lowest BCUT2D eigenvalue weighted by Gasteiger charge is -2.38. The average Bonchev–Trinajstić information content (AvgIpc) is 2.53. The lowest BCUT2D eigenvalue weighted by Crippen LogP contribution is -2.60. The van der Waals surface area contributed by atoms with Crippen molar-refractivity contribution in [2.75, 3.05) is 30.3 Å². The van der Waals surface area contributed by atoms with Crippen molar-refractivity contribution in [3.8, 4) is 0 Å². The quantitative estimate of drug-likeness (QED) is 0.746. The first kappa shape index (κ1) is 13.7. The average molecular weight is 288 g/mol. The van der Waals surface area contributed by atoms with E-state index >= 15 is 0 Å². The molecular formula is C15H20N4O2. The number of carbonyl (C=O) groups excluding carboxylic acids is 2. The van der Waals surface area contributed by atoms with Crippen molar-refractivity contribution in [2.45, 2.75) is 25.4 Å². The fourth-order valence-corrected chi connectivity index (χ4v) is 2.95. The molecule has 6 heteroatoms. The van der Waals surface area contributed by atoms with Gasteiger partial charge in [-0.05, 0) is 18.6 Å². The minimum Gasteiger partial charge on any atom is -0.381 e. The van der Waals surface area contributed by atoms with Crippen LogP contribution < -0.4 is 16.0 Å². The second-order valence-electron chi connectivity index (χ2n) is 5.37. The van der Waals surface area contributed by atoms with Crippen LogP contribution in [0.3, 0.4) is 0 Å². The van der Waals surface area contributed by atoms with Crippen LogP contribution in [0.4, 0.5) is 11.4 Å². The number of para-hydroxylation sites is 2. The molecule has 2 amide bonds. The van der Waals surface area contributed by atoms with Gasteiger partial charge in [0.15, 0.2) is 0 Å². The Morgan fingerprint density at radius 3 is 2.81 bits per heavy atom. The molecule has 6 nitrogen and oxygen atoms in total. The van der Waals surface area contributed by atoms with Crippen LogP contribution in [0.2, 0.25) is 0 Å². The first-order valence-corrected chi connectivity index (χ1v) is 7.38. The second kappa shape index (κ2) is 5.63. The Morgan fingerprint density at radius 2 is 2.05 bits per heavy atom. The van der Waals surface area contributed by atoms with Crippen molar-refractivity contribution < 1.29 is 9.59 Å². The summed E-state index contributed by atoms with van der Waals surface area (Å²) < 4.78 is 0. The maximum atomic E-state index is 12.7. The highest BCUT2D eigenvalue weighted by atomic mass is 16.2. The lowest BCUT2D eigenvalue weighted by atomic mass is 10.1. The van der Waals surface area contributed by atoms with Crippen LogP contribution in [-0.2, 0) is 9.59 Å². The summed E-state index contributed by atoms with van der Waals surface area (Å²) in [7, 11) is 0. The van der Waals surface area contributed by atoms with E-state index < -0.39 is 0 Å². The summed E-state index contributed by atoms with van der Waals surface area (Å²) in [5.41, 5.74) is 1.93. The van der Waals surface area contributed by atoms with Crippen molar-refractivity contribution in [1.82, 2.24) is 10.2 Å². The molecule has 2 unspecified atom stereocenters. The SMILES string of the molecule is CCC1C(=O)NCCN1C(=O)C1CNc2ccccc2N1. The summed E-state index contributed by atoms with van der Waals surface area (Å²) >= 11 is 0. The number of hydrogen-bond acceptors (Lipinski definition) is 4. The first-order valence-electron chi connectivity index (χ1n) is 7.38. The van der Waals surface area contributed by atoms with Crippen LogP contribution in [-0.4, -0.2) is 48.4 Å². The van der Waals surface area contributed by atoms with Gasteiger partial charge in [-0.15, -0.1) is 0 Å². The topological polar surface area (TPSA) is 73.5 Å². The number of nitrogens with zero attached hydrogens (tertiary/aromatic N) is 1. The van der Waals surface area contributed by atoms with E-state index in [1.165, 1.54) is 0 Å². The lowest BCUT2D eigenvalue weighted by molar-refractivity contribution is -0.143. The van der Waals surface area contributed by atoms with Gasteiger partial charge in [0.1, 0.15) is 12.1 Å². The smallest absolute Gasteiger partial charge is 0.247 e. The fourth-order valence-electron chi connectivity index (χ4n) is 2.95. The van der Waals surface area contributed by atoms with Crippen LogP contribution in [0.15, 0.2) is 24.3 Å². The predicted octanol–water partition coefficient (Wildman–Crippen LogP) is 0.630. The van der Waals surface area contributed by atoms with Crippen molar-refractivity contribution in [3.63, 3.8) is 0 Å². The van der Waals surface area contributed by atoms with E-state index in [1.54, 1.807) is 4.90 Å². The van der Waals surface area contributed by atoms with Gasteiger partial charge in [-0.25, -0.2) is 0 Å². The Kier molecular flexibility index (Phi) is 3.68. The predicted molar refractivity (Wildman–Crippen MR) is 81.1 cm³/mol. The molecule has 3 rings (SSSR count). The molecule has 112 valence electrons. The molecule has 0 radical (unpaired) electrons. The maximum absolute atomic E-state index is 12.7. The van der Waals surface area contributed by atoms with Crippen LogP contribution >= 0.6 is 0 Å². The Morgan fingerprint density at radius 1 is 1.29 bits per heavy atom. The largest absolute Gasteiger partial charge is 0.381 e. The molecule has 0 aliphatic carbocycles. The third-order valence-electron chi connectivity index (χ3n) is 4.05. The number of benzene rings is 1. The summed E-state index contributed by atoms with van der Waals surface area (Å²) in [4.78, 5) is 26.3. The molecule has 1 saturated heterocycles. The van der Waals surface area contributed by atoms with E-state index in [0.29, 0.717) is 26.1 Å². The highest BCUT2D eigenvalue weighted by Gasteiger charge is 2.36. The first-order chi connectivity index (χ1) is 10.2. The van der Waals surface area contributed by atoms with E-state index in [9.17, 15) is 9.59 Å². The van der Waals surface area contributed by atoms with Gasteiger partial charge in [0.25, 0.3) is 0 Å². The molecule has 2 aliphatic rings. The zero-order chi connectivity index (χ0) is 14.8. The summed E-state index contributed by atoms with van der Waals surface area (Å²) in [6, 6.07) is 7.13. The van der Waals surface area contributed by atoms with Crippen LogP contribution in [0.1, 0.15) is 13.3 Å². The third-order valence-corrected chi connectivity index (χ3v) is 4.05. The van der Waals surface area contributed by atoms with Crippen LogP contribution in [0.5, 0.6) is 0 Å². The van der Waals surface area contributed by atoms with Crippen LogP contribution in [0, 0.1) is 0 Å². The van der Waals surface area contributed by atoms with Gasteiger partial charge in [0, 0.05) is 19.6 Å². The van der Waals surface area contributed by atoms with Gasteiger partial charge in [-0.2, -0.15) is 0 Å². The Balaban J connectivity index is 1.75. The molecule has 2 heterocycles. The zero-order valence-corrected chi connectivity index (χ0v) is 12.1. The molecular weight excluding hydrogens is 268 g/mol. The monoisotopic (exact) mass is 288 g/mol. The van der Waals surface area contributed by atoms with Crippen molar-refractivity contribution in [1.29, 1.82) is 0 Å². The van der Waals surface area contributed by atoms with E-state index in [-0.39, 0.29) is 23.9 Å². The number of carbonyl (C=O) groups is 2. The second-order valence-corrected chi connectivity index (χ2v) is 5.37. The summed E-state index contributed by atoms with van der Waals surface area (Å²) in [6.45, 7) is 3.56. The molecule has 2 aliphatic heterocycles. The van der Waals surface area contributed by atoms with Crippen molar-refractivity contribution >= 4 is 23.2 Å². The van der Waals surface area contributed by atoms with Crippen LogP contribution in [0.25, 0.3) is 0 Å². The summed E-state index contributed by atoms with van der Waals surface area (Å²) in [5.74, 6) is -0.0695. The van der Waals surface area contributed by atoms with Crippen molar-refractivity contribution in [3.05, 3.63) is 24.3 Å². The van der Waals surface area contributed by atoms with Gasteiger partial charge < -0.3 is 20.9 Å². The molecule has 3 N–H and O–H groups in total. The van der Waals surface area contributed by atoms with E-state index in [0.717, 1.165) is 11.4 Å². The fraction of sp³-hybridized carbons (Fsp3) is 0.467. The van der Waals surface area contributed by atoms with Gasteiger partial charge in [0.2, 0.25) is 11.8 Å². The Labute approximate surface area is 123 Å². The summed E-state index contributed by atoms with van der Waals surface area (Å²) in [6.07, 6.45) is 0.633.